The number of alkyl halides is 3. The van der Waals surface area contributed by atoms with Gasteiger partial charge in [0.05, 0.1) is 5.56 Å². The summed E-state index contributed by atoms with van der Waals surface area (Å²) < 4.78 is 44.2. The van der Waals surface area contributed by atoms with Gasteiger partial charge in [0.2, 0.25) is 0 Å². The smallest absolute Gasteiger partial charge is 0.416 e. The van der Waals surface area contributed by atoms with Crippen molar-refractivity contribution in [3.63, 3.8) is 0 Å². The monoisotopic (exact) mass is 496 g/mol. The second-order valence-corrected chi connectivity index (χ2v) is 9.71. The molecule has 3 aromatic rings. The fraction of sp³-hybridized carbons (Fsp3) is 0.286. The van der Waals surface area contributed by atoms with E-state index in [-0.39, 0.29) is 12.0 Å². The molecule has 0 atom stereocenters. The van der Waals surface area contributed by atoms with Gasteiger partial charge in [-0.3, -0.25) is 4.79 Å². The standard InChI is InChI=1S/C28H27F3N2O3/c1-27(2,3)36-26(35)33-15-14-19-16-22(13-10-20(19)17-33)32-25(34)24-7-5-4-6-23(24)18-8-11-21(12-9-18)28(29,30)31/h4-13,16H,14-15,17H2,1-3H3,(H,32,34). The Bertz CT molecular complexity index is 1280. The van der Waals surface area contributed by atoms with Gasteiger partial charge >= 0.3 is 12.3 Å². The van der Waals surface area contributed by atoms with Crippen LogP contribution in [-0.2, 0) is 23.9 Å². The number of rotatable bonds is 3. The number of hydrogen-bond donors (Lipinski definition) is 1. The minimum atomic E-state index is -4.42. The fourth-order valence-electron chi connectivity index (χ4n) is 4.08. The summed E-state index contributed by atoms with van der Waals surface area (Å²) in [5, 5.41) is 2.90. The third kappa shape index (κ3) is 5.87. The zero-order valence-electron chi connectivity index (χ0n) is 20.3. The summed E-state index contributed by atoms with van der Waals surface area (Å²) in [5.74, 6) is -0.364. The Morgan fingerprint density at radius 1 is 0.917 bits per heavy atom. The molecule has 188 valence electrons. The second kappa shape index (κ2) is 9.68. The Morgan fingerprint density at radius 2 is 1.61 bits per heavy atom. The van der Waals surface area contributed by atoms with Gasteiger partial charge in [-0.25, -0.2) is 4.79 Å². The molecule has 1 heterocycles. The molecule has 3 aromatic carbocycles. The Hall–Kier alpha value is -3.81. The first-order valence-corrected chi connectivity index (χ1v) is 11.6. The molecule has 0 unspecified atom stereocenters. The average molecular weight is 497 g/mol. The van der Waals surface area contributed by atoms with Crippen LogP contribution in [0.3, 0.4) is 0 Å². The summed E-state index contributed by atoms with van der Waals surface area (Å²) in [5.41, 5.74) is 2.71. The summed E-state index contributed by atoms with van der Waals surface area (Å²) in [6.45, 7) is 6.42. The molecule has 0 spiro atoms. The van der Waals surface area contributed by atoms with Crippen molar-refractivity contribution in [3.05, 3.63) is 89.0 Å². The molecule has 1 N–H and O–H groups in total. The summed E-state index contributed by atoms with van der Waals surface area (Å²) in [7, 11) is 0. The van der Waals surface area contributed by atoms with E-state index in [1.54, 1.807) is 35.2 Å². The summed E-state index contributed by atoms with van der Waals surface area (Å²) in [6, 6.07) is 17.1. The summed E-state index contributed by atoms with van der Waals surface area (Å²) in [6.07, 6.45) is -4.16. The van der Waals surface area contributed by atoms with Gasteiger partial charge in [-0.05, 0) is 79.8 Å². The van der Waals surface area contributed by atoms with Gasteiger partial charge in [-0.1, -0.05) is 36.4 Å². The maximum atomic E-state index is 13.1. The van der Waals surface area contributed by atoms with Crippen molar-refractivity contribution in [3.8, 4) is 11.1 Å². The highest BCUT2D eigenvalue weighted by Crippen LogP contribution is 2.32. The van der Waals surface area contributed by atoms with Crippen molar-refractivity contribution >= 4 is 17.7 Å². The highest BCUT2D eigenvalue weighted by atomic mass is 19.4. The lowest BCUT2D eigenvalue weighted by atomic mass is 9.97. The van der Waals surface area contributed by atoms with E-state index in [4.69, 9.17) is 4.74 Å². The van der Waals surface area contributed by atoms with Gasteiger partial charge in [-0.2, -0.15) is 13.2 Å². The fourth-order valence-corrected chi connectivity index (χ4v) is 4.08. The van der Waals surface area contributed by atoms with Crippen LogP contribution in [0.5, 0.6) is 0 Å². The number of amides is 2. The van der Waals surface area contributed by atoms with Crippen LogP contribution < -0.4 is 5.32 Å². The van der Waals surface area contributed by atoms with E-state index in [1.165, 1.54) is 12.1 Å². The normalized spacial score (nSPS) is 13.7. The van der Waals surface area contributed by atoms with Crippen LogP contribution in [0.25, 0.3) is 11.1 Å². The van der Waals surface area contributed by atoms with Gasteiger partial charge in [0.1, 0.15) is 5.60 Å². The zero-order valence-corrected chi connectivity index (χ0v) is 20.3. The summed E-state index contributed by atoms with van der Waals surface area (Å²) in [4.78, 5) is 27.2. The van der Waals surface area contributed by atoms with E-state index in [0.29, 0.717) is 41.9 Å². The van der Waals surface area contributed by atoms with Crippen molar-refractivity contribution in [2.24, 2.45) is 0 Å². The first-order valence-electron chi connectivity index (χ1n) is 11.6. The maximum Gasteiger partial charge on any atom is 0.416 e. The van der Waals surface area contributed by atoms with E-state index in [9.17, 15) is 22.8 Å². The molecule has 0 radical (unpaired) electrons. The number of nitrogens with one attached hydrogen (secondary N) is 1. The number of carbonyl (C=O) groups is 2. The minimum absolute atomic E-state index is 0.353. The molecule has 0 aromatic heterocycles. The molecular weight excluding hydrogens is 469 g/mol. The topological polar surface area (TPSA) is 58.6 Å². The highest BCUT2D eigenvalue weighted by molar-refractivity contribution is 6.08. The van der Waals surface area contributed by atoms with Crippen molar-refractivity contribution in [2.75, 3.05) is 11.9 Å². The molecular formula is C28H27F3N2O3. The van der Waals surface area contributed by atoms with Crippen molar-refractivity contribution in [1.82, 2.24) is 4.90 Å². The molecule has 1 aliphatic rings. The predicted molar refractivity (Wildman–Crippen MR) is 132 cm³/mol. The molecule has 0 fully saturated rings. The van der Waals surface area contributed by atoms with Gasteiger partial charge in [0.25, 0.3) is 5.91 Å². The molecule has 0 bridgehead atoms. The lowest BCUT2D eigenvalue weighted by molar-refractivity contribution is -0.137. The second-order valence-electron chi connectivity index (χ2n) is 9.71. The molecule has 0 aliphatic carbocycles. The van der Waals surface area contributed by atoms with Gasteiger partial charge in [-0.15, -0.1) is 0 Å². The van der Waals surface area contributed by atoms with Crippen molar-refractivity contribution in [2.45, 2.75) is 45.5 Å². The van der Waals surface area contributed by atoms with E-state index in [1.807, 2.05) is 32.9 Å². The Kier molecular flexibility index (Phi) is 6.80. The Labute approximate surface area is 207 Å². The van der Waals surface area contributed by atoms with E-state index in [0.717, 1.165) is 23.3 Å². The third-order valence-corrected chi connectivity index (χ3v) is 5.82. The number of ether oxygens (including phenoxy) is 1. The van der Waals surface area contributed by atoms with Crippen LogP contribution in [-0.4, -0.2) is 29.0 Å². The number of fused-ring (bicyclic) bond motifs is 1. The Morgan fingerprint density at radius 3 is 2.28 bits per heavy atom. The van der Waals surface area contributed by atoms with Gasteiger partial charge in [0, 0.05) is 24.3 Å². The lowest BCUT2D eigenvalue weighted by Gasteiger charge is -2.31. The molecule has 5 nitrogen and oxygen atoms in total. The molecule has 2 amide bonds. The number of benzene rings is 3. The van der Waals surface area contributed by atoms with E-state index < -0.39 is 17.3 Å². The van der Waals surface area contributed by atoms with Crippen molar-refractivity contribution < 1.29 is 27.5 Å². The maximum absolute atomic E-state index is 13.1. The molecule has 1 aliphatic heterocycles. The number of nitrogens with zero attached hydrogens (tertiary/aromatic N) is 1. The number of hydrogen-bond acceptors (Lipinski definition) is 3. The van der Waals surface area contributed by atoms with E-state index >= 15 is 0 Å². The summed E-state index contributed by atoms with van der Waals surface area (Å²) >= 11 is 0. The van der Waals surface area contributed by atoms with Crippen LogP contribution in [0.4, 0.5) is 23.7 Å². The zero-order chi connectivity index (χ0) is 26.1. The van der Waals surface area contributed by atoms with Crippen LogP contribution >= 0.6 is 0 Å². The van der Waals surface area contributed by atoms with Crippen LogP contribution in [0.2, 0.25) is 0 Å². The largest absolute Gasteiger partial charge is 0.444 e. The quantitative estimate of drug-likeness (QED) is 0.428. The van der Waals surface area contributed by atoms with Gasteiger partial charge in [0.15, 0.2) is 0 Å². The first kappa shape index (κ1) is 25.3. The van der Waals surface area contributed by atoms with Crippen LogP contribution in [0, 0.1) is 0 Å². The van der Waals surface area contributed by atoms with Crippen molar-refractivity contribution in [1.29, 1.82) is 0 Å². The predicted octanol–water partition coefficient (Wildman–Crippen LogP) is 6.92. The molecule has 0 saturated carbocycles. The lowest BCUT2D eigenvalue weighted by Crippen LogP contribution is -2.39. The molecule has 8 heteroatoms. The van der Waals surface area contributed by atoms with E-state index in [2.05, 4.69) is 5.32 Å². The first-order chi connectivity index (χ1) is 16.9. The Balaban J connectivity index is 1.49. The minimum Gasteiger partial charge on any atom is -0.444 e. The number of halogens is 3. The molecule has 36 heavy (non-hydrogen) atoms. The highest BCUT2D eigenvalue weighted by Gasteiger charge is 2.30. The van der Waals surface area contributed by atoms with Gasteiger partial charge < -0.3 is 15.0 Å². The average Bonchev–Trinajstić information content (AvgIpc) is 2.82. The molecule has 4 rings (SSSR count). The van der Waals surface area contributed by atoms with Crippen LogP contribution in [0.1, 0.15) is 47.8 Å². The SMILES string of the molecule is CC(C)(C)OC(=O)N1CCc2cc(NC(=O)c3ccccc3-c3ccc(C(F)(F)F)cc3)ccc2C1. The number of anilines is 1. The third-order valence-electron chi connectivity index (χ3n) is 5.82. The molecule has 0 saturated heterocycles. The number of carbonyl (C=O) groups excluding carboxylic acids is 2. The van der Waals surface area contributed by atoms with Crippen LogP contribution in [0.15, 0.2) is 66.7 Å².